The topological polar surface area (TPSA) is 26.5 Å². The Morgan fingerprint density at radius 1 is 1.40 bits per heavy atom. The van der Waals surface area contributed by atoms with Gasteiger partial charge in [0.1, 0.15) is 0 Å². The standard InChI is InChI=1S/C14H20BrFN2OSi/c1-14(2,3)20(4,5)19-9-11-7-17-13-12(16)6-10(15)8-18(11)13/h6-8H,9H2,1-5H3. The molecular weight excluding hydrogens is 339 g/mol. The molecule has 0 amide bonds. The first-order valence-electron chi connectivity index (χ1n) is 6.57. The molecule has 0 fully saturated rings. The Kier molecular flexibility index (Phi) is 4.10. The van der Waals surface area contributed by atoms with E-state index in [1.807, 2.05) is 6.20 Å². The molecule has 0 aliphatic rings. The van der Waals surface area contributed by atoms with Crippen molar-refractivity contribution in [3.05, 3.63) is 34.4 Å². The largest absolute Gasteiger partial charge is 0.411 e. The number of aromatic nitrogens is 2. The maximum absolute atomic E-state index is 13.8. The summed E-state index contributed by atoms with van der Waals surface area (Å²) in [6.45, 7) is 11.4. The van der Waals surface area contributed by atoms with Crippen molar-refractivity contribution in [2.75, 3.05) is 0 Å². The molecule has 0 bridgehead atoms. The van der Waals surface area contributed by atoms with Gasteiger partial charge in [-0.25, -0.2) is 9.37 Å². The lowest BCUT2D eigenvalue weighted by Crippen LogP contribution is -2.40. The zero-order chi connectivity index (χ0) is 15.1. The molecule has 0 N–H and O–H groups in total. The van der Waals surface area contributed by atoms with E-state index in [4.69, 9.17) is 4.43 Å². The van der Waals surface area contributed by atoms with E-state index < -0.39 is 8.32 Å². The Bertz CT molecular complexity index is 634. The van der Waals surface area contributed by atoms with Crippen LogP contribution in [0.4, 0.5) is 4.39 Å². The Morgan fingerprint density at radius 2 is 2.05 bits per heavy atom. The van der Waals surface area contributed by atoms with Gasteiger partial charge in [0.15, 0.2) is 19.8 Å². The van der Waals surface area contributed by atoms with E-state index in [9.17, 15) is 4.39 Å². The summed E-state index contributed by atoms with van der Waals surface area (Å²) in [6, 6.07) is 1.42. The van der Waals surface area contributed by atoms with Gasteiger partial charge in [0, 0.05) is 10.7 Å². The van der Waals surface area contributed by atoms with Crippen molar-refractivity contribution in [3.63, 3.8) is 0 Å². The minimum atomic E-state index is -1.82. The zero-order valence-corrected chi connectivity index (χ0v) is 15.1. The van der Waals surface area contributed by atoms with Crippen LogP contribution in [0.2, 0.25) is 18.1 Å². The first-order chi connectivity index (χ1) is 9.12. The number of pyridine rings is 1. The van der Waals surface area contributed by atoms with Crippen molar-refractivity contribution in [3.8, 4) is 0 Å². The summed E-state index contributed by atoms with van der Waals surface area (Å²) in [7, 11) is -1.82. The number of hydrogen-bond acceptors (Lipinski definition) is 2. The number of imidazole rings is 1. The lowest BCUT2D eigenvalue weighted by atomic mass is 10.2. The highest BCUT2D eigenvalue weighted by Crippen LogP contribution is 2.37. The first kappa shape index (κ1) is 15.7. The van der Waals surface area contributed by atoms with Gasteiger partial charge in [-0.2, -0.15) is 0 Å². The van der Waals surface area contributed by atoms with E-state index in [1.54, 1.807) is 10.6 Å². The molecule has 0 aliphatic heterocycles. The van der Waals surface area contributed by atoms with Crippen LogP contribution in [-0.2, 0) is 11.0 Å². The molecule has 6 heteroatoms. The fourth-order valence-corrected chi connectivity index (χ4v) is 2.99. The van der Waals surface area contributed by atoms with E-state index in [0.29, 0.717) is 16.7 Å². The zero-order valence-electron chi connectivity index (χ0n) is 12.5. The van der Waals surface area contributed by atoms with Gasteiger partial charge in [-0.1, -0.05) is 20.8 Å². The van der Waals surface area contributed by atoms with Gasteiger partial charge in [0.25, 0.3) is 0 Å². The normalized spacial score (nSPS) is 13.2. The fraction of sp³-hybridized carbons (Fsp3) is 0.500. The average Bonchev–Trinajstić information content (AvgIpc) is 2.68. The molecule has 0 atom stereocenters. The van der Waals surface area contributed by atoms with Gasteiger partial charge < -0.3 is 4.43 Å². The van der Waals surface area contributed by atoms with Crippen LogP contribution in [0.25, 0.3) is 5.65 Å². The molecule has 2 rings (SSSR count). The van der Waals surface area contributed by atoms with Gasteiger partial charge in [-0.05, 0) is 40.1 Å². The Balaban J connectivity index is 2.28. The lowest BCUT2D eigenvalue weighted by Gasteiger charge is -2.36. The molecule has 0 radical (unpaired) electrons. The van der Waals surface area contributed by atoms with E-state index in [1.165, 1.54) is 6.07 Å². The third kappa shape index (κ3) is 2.97. The fourth-order valence-electron chi connectivity index (χ4n) is 1.64. The van der Waals surface area contributed by atoms with Gasteiger partial charge in [0.2, 0.25) is 0 Å². The van der Waals surface area contributed by atoms with Crippen molar-refractivity contribution in [2.24, 2.45) is 0 Å². The summed E-state index contributed by atoms with van der Waals surface area (Å²) < 4.78 is 22.4. The van der Waals surface area contributed by atoms with Gasteiger partial charge in [-0.3, -0.25) is 4.40 Å². The monoisotopic (exact) mass is 358 g/mol. The molecule has 2 heterocycles. The molecule has 0 saturated heterocycles. The van der Waals surface area contributed by atoms with Crippen molar-refractivity contribution in [1.82, 2.24) is 9.38 Å². The molecule has 110 valence electrons. The molecule has 0 spiro atoms. The second-order valence-corrected chi connectivity index (χ2v) is 12.2. The average molecular weight is 359 g/mol. The predicted molar refractivity (Wildman–Crippen MR) is 84.8 cm³/mol. The smallest absolute Gasteiger partial charge is 0.192 e. The summed E-state index contributed by atoms with van der Waals surface area (Å²) in [5, 5.41) is 0.152. The highest BCUT2D eigenvalue weighted by atomic mass is 79.9. The summed E-state index contributed by atoms with van der Waals surface area (Å²) in [5.41, 5.74) is 1.20. The Hall–Kier alpha value is -0.723. The minimum Gasteiger partial charge on any atom is -0.411 e. The Labute approximate surface area is 128 Å². The highest BCUT2D eigenvalue weighted by molar-refractivity contribution is 9.10. The number of fused-ring (bicyclic) bond motifs is 1. The molecule has 20 heavy (non-hydrogen) atoms. The van der Waals surface area contributed by atoms with Crippen LogP contribution in [0.5, 0.6) is 0 Å². The molecule has 0 unspecified atom stereocenters. The van der Waals surface area contributed by atoms with Gasteiger partial charge in [0.05, 0.1) is 18.5 Å². The van der Waals surface area contributed by atoms with Crippen molar-refractivity contribution in [1.29, 1.82) is 0 Å². The summed E-state index contributed by atoms with van der Waals surface area (Å²) >= 11 is 3.30. The van der Waals surface area contributed by atoms with Crippen molar-refractivity contribution < 1.29 is 8.82 Å². The summed E-state index contributed by atoms with van der Waals surface area (Å²) in [5.74, 6) is -0.335. The SMILES string of the molecule is CC(C)(C)[Si](C)(C)OCc1cnc2c(F)cc(Br)cn12. The van der Waals surface area contributed by atoms with Crippen LogP contribution >= 0.6 is 15.9 Å². The summed E-state index contributed by atoms with van der Waals surface area (Å²) in [6.07, 6.45) is 3.49. The quantitative estimate of drug-likeness (QED) is 0.739. The van der Waals surface area contributed by atoms with Crippen molar-refractivity contribution >= 4 is 29.9 Å². The molecule has 2 aromatic rings. The van der Waals surface area contributed by atoms with E-state index in [0.717, 1.165) is 5.69 Å². The van der Waals surface area contributed by atoms with Gasteiger partial charge in [-0.15, -0.1) is 0 Å². The van der Waals surface area contributed by atoms with Gasteiger partial charge >= 0.3 is 0 Å². The second-order valence-electron chi connectivity index (χ2n) is 6.50. The maximum atomic E-state index is 13.8. The number of rotatable bonds is 3. The maximum Gasteiger partial charge on any atom is 0.192 e. The number of hydrogen-bond donors (Lipinski definition) is 0. The number of nitrogens with zero attached hydrogens (tertiary/aromatic N) is 2. The molecule has 2 aromatic heterocycles. The highest BCUT2D eigenvalue weighted by Gasteiger charge is 2.37. The number of halogens is 2. The predicted octanol–water partition coefficient (Wildman–Crippen LogP) is 4.76. The van der Waals surface area contributed by atoms with Crippen LogP contribution in [-0.4, -0.2) is 17.7 Å². The molecule has 0 aliphatic carbocycles. The molecule has 0 aromatic carbocycles. The van der Waals surface area contributed by atoms with E-state index in [-0.39, 0.29) is 10.9 Å². The van der Waals surface area contributed by atoms with Crippen molar-refractivity contribution in [2.45, 2.75) is 45.5 Å². The third-order valence-electron chi connectivity index (χ3n) is 3.99. The van der Waals surface area contributed by atoms with E-state index >= 15 is 0 Å². The van der Waals surface area contributed by atoms with Crippen LogP contribution in [0.15, 0.2) is 22.9 Å². The third-order valence-corrected chi connectivity index (χ3v) is 8.90. The lowest BCUT2D eigenvalue weighted by molar-refractivity contribution is 0.271. The molecule has 0 saturated carbocycles. The van der Waals surface area contributed by atoms with Crippen LogP contribution in [0, 0.1) is 5.82 Å². The molecule has 3 nitrogen and oxygen atoms in total. The van der Waals surface area contributed by atoms with Crippen LogP contribution < -0.4 is 0 Å². The van der Waals surface area contributed by atoms with Crippen LogP contribution in [0.3, 0.4) is 0 Å². The minimum absolute atomic E-state index is 0.152. The summed E-state index contributed by atoms with van der Waals surface area (Å²) in [4.78, 5) is 4.12. The first-order valence-corrected chi connectivity index (χ1v) is 10.3. The van der Waals surface area contributed by atoms with Crippen LogP contribution in [0.1, 0.15) is 26.5 Å². The molecular formula is C14H20BrFN2OSi. The van der Waals surface area contributed by atoms with E-state index in [2.05, 4.69) is 54.8 Å². The Morgan fingerprint density at radius 3 is 2.65 bits per heavy atom. The second kappa shape index (κ2) is 5.24.